The average molecular weight is 518 g/mol. The maximum absolute atomic E-state index is 12.9. The highest BCUT2D eigenvalue weighted by Gasteiger charge is 2.37. The normalized spacial score (nSPS) is 15.6. The van der Waals surface area contributed by atoms with E-state index in [2.05, 4.69) is 62.0 Å². The van der Waals surface area contributed by atoms with Crippen molar-refractivity contribution in [1.82, 2.24) is 9.97 Å². The Kier molecular flexibility index (Phi) is 7.77. The van der Waals surface area contributed by atoms with Gasteiger partial charge in [0.2, 0.25) is 5.95 Å². The minimum absolute atomic E-state index is 0.125. The summed E-state index contributed by atoms with van der Waals surface area (Å²) in [5, 5.41) is 2.70. The van der Waals surface area contributed by atoms with Crippen molar-refractivity contribution in [2.45, 2.75) is 91.4 Å². The van der Waals surface area contributed by atoms with E-state index in [-0.39, 0.29) is 29.1 Å². The van der Waals surface area contributed by atoms with Gasteiger partial charge in [-0.05, 0) is 78.3 Å². The van der Waals surface area contributed by atoms with Gasteiger partial charge in [-0.2, -0.15) is 0 Å². The first-order valence-corrected chi connectivity index (χ1v) is 13.5. The van der Waals surface area contributed by atoms with Crippen molar-refractivity contribution in [1.29, 1.82) is 0 Å². The van der Waals surface area contributed by atoms with Crippen LogP contribution in [0.5, 0.6) is 0 Å². The van der Waals surface area contributed by atoms with Crippen molar-refractivity contribution in [3.8, 4) is 0 Å². The zero-order chi connectivity index (χ0) is 27.7. The molecule has 0 spiro atoms. The highest BCUT2D eigenvalue weighted by Crippen LogP contribution is 2.46. The summed E-state index contributed by atoms with van der Waals surface area (Å²) < 4.78 is 11.0. The minimum atomic E-state index is -0.464. The summed E-state index contributed by atoms with van der Waals surface area (Å²) in [6.45, 7) is 15.5. The number of carbonyl (C=O) groups is 2. The summed E-state index contributed by atoms with van der Waals surface area (Å²) in [7, 11) is 0. The Bertz CT molecular complexity index is 1350. The molecule has 0 saturated heterocycles. The van der Waals surface area contributed by atoms with Crippen LogP contribution in [0.4, 0.5) is 5.95 Å². The predicted octanol–water partition coefficient (Wildman–Crippen LogP) is 6.70. The molecule has 1 aliphatic carbocycles. The molecule has 0 bridgehead atoms. The highest BCUT2D eigenvalue weighted by atomic mass is 16.5. The fourth-order valence-corrected chi connectivity index (χ4v) is 5.19. The molecule has 7 nitrogen and oxygen atoms in total. The average Bonchev–Trinajstić information content (AvgIpc) is 3.32. The van der Waals surface area contributed by atoms with E-state index >= 15 is 0 Å². The summed E-state index contributed by atoms with van der Waals surface area (Å²) in [6.07, 6.45) is 5.70. The van der Waals surface area contributed by atoms with Crippen LogP contribution >= 0.6 is 0 Å². The Hall–Kier alpha value is -3.48. The van der Waals surface area contributed by atoms with Gasteiger partial charge in [-0.1, -0.05) is 53.2 Å². The fraction of sp³-hybridized carbons (Fsp3) is 0.484. The standard InChI is InChI=1S/C31H39N3O4/c1-8-10-25-22(28(36)37-9-2)18-32-29(33-25)34-27(35)26-12-11-21(38-26)16-20-17-24-23(15-19(20)3)30(4,5)13-14-31(24,6)7/h11-12,15,17-18H,8-10,13-14,16H2,1-7H3,(H,32,33,34,35). The number of aromatic nitrogens is 2. The summed E-state index contributed by atoms with van der Waals surface area (Å²) >= 11 is 0. The van der Waals surface area contributed by atoms with Crippen molar-refractivity contribution >= 4 is 17.8 Å². The van der Waals surface area contributed by atoms with Gasteiger partial charge in [0.1, 0.15) is 5.76 Å². The second-order valence-corrected chi connectivity index (χ2v) is 11.5. The Morgan fingerprint density at radius 3 is 2.39 bits per heavy atom. The second-order valence-electron chi connectivity index (χ2n) is 11.5. The molecule has 0 fully saturated rings. The number of nitrogens with zero attached hydrogens (tertiary/aromatic N) is 2. The van der Waals surface area contributed by atoms with Gasteiger partial charge in [0, 0.05) is 12.6 Å². The molecule has 4 rings (SSSR count). The number of hydrogen-bond donors (Lipinski definition) is 1. The van der Waals surface area contributed by atoms with E-state index in [1.54, 1.807) is 13.0 Å². The Morgan fingerprint density at radius 2 is 1.74 bits per heavy atom. The van der Waals surface area contributed by atoms with Crippen LogP contribution in [0.15, 0.2) is 34.9 Å². The molecule has 0 unspecified atom stereocenters. The number of hydrogen-bond acceptors (Lipinski definition) is 6. The molecule has 7 heteroatoms. The number of furan rings is 1. The first-order valence-electron chi connectivity index (χ1n) is 13.5. The number of ether oxygens (including phenoxy) is 1. The van der Waals surface area contributed by atoms with Gasteiger partial charge in [0.25, 0.3) is 5.91 Å². The van der Waals surface area contributed by atoms with Gasteiger partial charge in [-0.15, -0.1) is 0 Å². The molecule has 3 aromatic rings. The van der Waals surface area contributed by atoms with E-state index in [0.717, 1.165) is 18.6 Å². The molecular formula is C31H39N3O4. The van der Waals surface area contributed by atoms with Gasteiger partial charge in [-0.3, -0.25) is 10.1 Å². The Labute approximate surface area is 225 Å². The van der Waals surface area contributed by atoms with E-state index in [0.29, 0.717) is 24.1 Å². The molecule has 1 amide bonds. The third-order valence-electron chi connectivity index (χ3n) is 7.63. The lowest BCUT2D eigenvalue weighted by Crippen LogP contribution is -2.34. The first kappa shape index (κ1) is 27.6. The van der Waals surface area contributed by atoms with Gasteiger partial charge in [0.05, 0.1) is 17.9 Å². The van der Waals surface area contributed by atoms with E-state index in [9.17, 15) is 9.59 Å². The molecular weight excluding hydrogens is 478 g/mol. The number of fused-ring (bicyclic) bond motifs is 1. The largest absolute Gasteiger partial charge is 0.462 e. The van der Waals surface area contributed by atoms with Crippen molar-refractivity contribution in [3.63, 3.8) is 0 Å². The maximum atomic E-state index is 12.9. The molecule has 38 heavy (non-hydrogen) atoms. The number of carbonyl (C=O) groups excluding carboxylic acids is 2. The second kappa shape index (κ2) is 10.7. The quantitative estimate of drug-likeness (QED) is 0.334. The smallest absolute Gasteiger partial charge is 0.341 e. The maximum Gasteiger partial charge on any atom is 0.341 e. The molecule has 0 radical (unpaired) electrons. The zero-order valence-corrected chi connectivity index (χ0v) is 23.7. The Morgan fingerprint density at radius 1 is 1.05 bits per heavy atom. The van der Waals surface area contributed by atoms with Crippen LogP contribution in [0.1, 0.15) is 115 Å². The first-order chi connectivity index (χ1) is 17.9. The zero-order valence-electron chi connectivity index (χ0n) is 23.7. The molecule has 1 N–H and O–H groups in total. The molecule has 2 aromatic heterocycles. The number of amides is 1. The van der Waals surface area contributed by atoms with Crippen LogP contribution in [0.3, 0.4) is 0 Å². The molecule has 0 saturated carbocycles. The van der Waals surface area contributed by atoms with Crippen LogP contribution in [0.25, 0.3) is 0 Å². The van der Waals surface area contributed by atoms with Crippen molar-refractivity contribution in [3.05, 3.63) is 75.5 Å². The van der Waals surface area contributed by atoms with Gasteiger partial charge >= 0.3 is 5.97 Å². The predicted molar refractivity (Wildman–Crippen MR) is 148 cm³/mol. The van der Waals surface area contributed by atoms with E-state index in [1.165, 1.54) is 34.9 Å². The van der Waals surface area contributed by atoms with Crippen molar-refractivity contribution in [2.24, 2.45) is 0 Å². The van der Waals surface area contributed by atoms with Gasteiger partial charge < -0.3 is 9.15 Å². The number of rotatable bonds is 8. The minimum Gasteiger partial charge on any atom is -0.462 e. The van der Waals surface area contributed by atoms with Crippen molar-refractivity contribution in [2.75, 3.05) is 11.9 Å². The molecule has 0 aliphatic heterocycles. The third kappa shape index (κ3) is 5.66. The number of benzene rings is 1. The van der Waals surface area contributed by atoms with E-state index < -0.39 is 11.9 Å². The topological polar surface area (TPSA) is 94.3 Å². The fourth-order valence-electron chi connectivity index (χ4n) is 5.19. The number of aryl methyl sites for hydroxylation is 2. The summed E-state index contributed by atoms with van der Waals surface area (Å²) in [4.78, 5) is 33.7. The molecule has 1 aliphatic rings. The Balaban J connectivity index is 1.52. The van der Waals surface area contributed by atoms with Crippen LogP contribution < -0.4 is 5.32 Å². The van der Waals surface area contributed by atoms with Crippen molar-refractivity contribution < 1.29 is 18.7 Å². The number of nitrogens with one attached hydrogen (secondary N) is 1. The van der Waals surface area contributed by atoms with E-state index in [4.69, 9.17) is 9.15 Å². The molecule has 1 aromatic carbocycles. The molecule has 0 atom stereocenters. The summed E-state index contributed by atoms with van der Waals surface area (Å²) in [6, 6.07) is 8.19. The molecule has 2 heterocycles. The number of anilines is 1. The monoisotopic (exact) mass is 517 g/mol. The number of esters is 1. The van der Waals surface area contributed by atoms with Crippen LogP contribution in [-0.4, -0.2) is 28.5 Å². The van der Waals surface area contributed by atoms with Gasteiger partial charge in [0.15, 0.2) is 5.76 Å². The van der Waals surface area contributed by atoms with E-state index in [1.807, 2.05) is 13.0 Å². The summed E-state index contributed by atoms with van der Waals surface area (Å²) in [5.41, 5.74) is 6.44. The summed E-state index contributed by atoms with van der Waals surface area (Å²) in [5.74, 6) is 0.130. The van der Waals surface area contributed by atoms with Crippen LogP contribution in [-0.2, 0) is 28.4 Å². The third-order valence-corrected chi connectivity index (χ3v) is 7.63. The lowest BCUT2D eigenvalue weighted by Gasteiger charge is -2.42. The van der Waals surface area contributed by atoms with Crippen LogP contribution in [0, 0.1) is 6.92 Å². The lowest BCUT2D eigenvalue weighted by atomic mass is 9.62. The van der Waals surface area contributed by atoms with Crippen LogP contribution in [0.2, 0.25) is 0 Å². The van der Waals surface area contributed by atoms with Gasteiger partial charge in [-0.25, -0.2) is 14.8 Å². The highest BCUT2D eigenvalue weighted by molar-refractivity contribution is 6.01. The lowest BCUT2D eigenvalue weighted by molar-refractivity contribution is 0.0524. The SMILES string of the molecule is CCCc1nc(NC(=O)c2ccc(Cc3cc4c(cc3C)C(C)(C)CCC4(C)C)o2)ncc1C(=O)OCC. The molecule has 202 valence electrons.